The van der Waals surface area contributed by atoms with Crippen molar-refractivity contribution in [3.05, 3.63) is 35.9 Å². The number of rotatable bonds is 6. The first-order valence-corrected chi connectivity index (χ1v) is 8.49. The summed E-state index contributed by atoms with van der Waals surface area (Å²) in [4.78, 5) is 12.2. The molecular formula is C19H30N2O. The molecule has 1 aliphatic rings. The Morgan fingerprint density at radius 2 is 2.00 bits per heavy atom. The van der Waals surface area contributed by atoms with E-state index in [9.17, 15) is 4.79 Å². The molecule has 1 saturated carbocycles. The van der Waals surface area contributed by atoms with Crippen LogP contribution in [0.4, 0.5) is 0 Å². The second-order valence-electron chi connectivity index (χ2n) is 7.48. The van der Waals surface area contributed by atoms with Crippen LogP contribution in [-0.4, -0.2) is 18.0 Å². The molecule has 0 bridgehead atoms. The van der Waals surface area contributed by atoms with E-state index in [2.05, 4.69) is 50.4 Å². The van der Waals surface area contributed by atoms with Crippen LogP contribution in [0.1, 0.15) is 58.4 Å². The molecule has 3 nitrogen and oxygen atoms in total. The molecule has 0 saturated heterocycles. The fourth-order valence-corrected chi connectivity index (χ4v) is 3.71. The Kier molecular flexibility index (Phi) is 5.63. The topological polar surface area (TPSA) is 55.1 Å². The molecule has 2 rings (SSSR count). The third kappa shape index (κ3) is 4.57. The molecule has 0 radical (unpaired) electrons. The van der Waals surface area contributed by atoms with Crippen LogP contribution < -0.4 is 11.1 Å². The van der Waals surface area contributed by atoms with Crippen molar-refractivity contribution in [2.75, 3.05) is 0 Å². The molecule has 1 aliphatic carbocycles. The van der Waals surface area contributed by atoms with Gasteiger partial charge in [0.2, 0.25) is 5.91 Å². The molecule has 3 N–H and O–H groups in total. The van der Waals surface area contributed by atoms with E-state index in [1.807, 2.05) is 6.07 Å². The Hall–Kier alpha value is -1.35. The van der Waals surface area contributed by atoms with Gasteiger partial charge in [-0.25, -0.2) is 0 Å². The van der Waals surface area contributed by atoms with Gasteiger partial charge in [0, 0.05) is 18.5 Å². The first-order valence-electron chi connectivity index (χ1n) is 8.49. The van der Waals surface area contributed by atoms with Gasteiger partial charge in [-0.2, -0.15) is 0 Å². The summed E-state index contributed by atoms with van der Waals surface area (Å²) < 4.78 is 0. The highest BCUT2D eigenvalue weighted by molar-refractivity contribution is 5.76. The van der Waals surface area contributed by atoms with Crippen LogP contribution in [0.3, 0.4) is 0 Å². The van der Waals surface area contributed by atoms with E-state index < -0.39 is 0 Å². The number of nitrogens with one attached hydrogen (secondary N) is 1. The van der Waals surface area contributed by atoms with Gasteiger partial charge in [-0.15, -0.1) is 0 Å². The van der Waals surface area contributed by atoms with E-state index in [1.54, 1.807) is 0 Å². The van der Waals surface area contributed by atoms with Crippen molar-refractivity contribution in [1.29, 1.82) is 0 Å². The standard InChI is InChI=1S/C19H30N2O/c1-14(13-19(2,3)16-9-5-4-6-10-16)21-18(22)12-15-8-7-11-17(15)20/h4-6,9-10,14-15,17H,7-8,11-13,20H2,1-3H3,(H,21,22)/t14?,15-,17+/m0/s1. The normalized spacial score (nSPS) is 23.3. The van der Waals surface area contributed by atoms with E-state index >= 15 is 0 Å². The zero-order valence-corrected chi connectivity index (χ0v) is 14.1. The van der Waals surface area contributed by atoms with Gasteiger partial charge in [0.1, 0.15) is 0 Å². The van der Waals surface area contributed by atoms with E-state index in [-0.39, 0.29) is 23.4 Å². The summed E-state index contributed by atoms with van der Waals surface area (Å²) in [6.07, 6.45) is 4.83. The molecule has 22 heavy (non-hydrogen) atoms. The lowest BCUT2D eigenvalue weighted by Gasteiger charge is -2.29. The van der Waals surface area contributed by atoms with E-state index in [1.165, 1.54) is 5.56 Å². The first kappa shape index (κ1) is 17.0. The molecule has 0 heterocycles. The van der Waals surface area contributed by atoms with Crippen molar-refractivity contribution in [1.82, 2.24) is 5.32 Å². The predicted octanol–water partition coefficient (Wildman–Crippen LogP) is 3.38. The van der Waals surface area contributed by atoms with Crippen LogP contribution in [0.5, 0.6) is 0 Å². The fraction of sp³-hybridized carbons (Fsp3) is 0.632. The summed E-state index contributed by atoms with van der Waals surface area (Å²) in [5.41, 5.74) is 7.42. The summed E-state index contributed by atoms with van der Waals surface area (Å²) in [6, 6.07) is 10.9. The average Bonchev–Trinajstić information content (AvgIpc) is 2.84. The van der Waals surface area contributed by atoms with Crippen LogP contribution in [-0.2, 0) is 10.2 Å². The number of carbonyl (C=O) groups is 1. The van der Waals surface area contributed by atoms with Crippen molar-refractivity contribution < 1.29 is 4.79 Å². The van der Waals surface area contributed by atoms with Crippen LogP contribution >= 0.6 is 0 Å². The van der Waals surface area contributed by atoms with E-state index in [4.69, 9.17) is 5.73 Å². The lowest BCUT2D eigenvalue weighted by Crippen LogP contribution is -2.39. The minimum atomic E-state index is 0.0533. The van der Waals surface area contributed by atoms with Crippen molar-refractivity contribution in [3.63, 3.8) is 0 Å². The number of carbonyl (C=O) groups excluding carboxylic acids is 1. The van der Waals surface area contributed by atoms with Crippen LogP contribution in [0.2, 0.25) is 0 Å². The molecule has 0 aliphatic heterocycles. The molecule has 1 aromatic rings. The van der Waals surface area contributed by atoms with Crippen molar-refractivity contribution in [2.45, 2.75) is 70.4 Å². The Bertz CT molecular complexity index is 483. The minimum Gasteiger partial charge on any atom is -0.354 e. The van der Waals surface area contributed by atoms with Crippen molar-refractivity contribution in [2.24, 2.45) is 11.7 Å². The highest BCUT2D eigenvalue weighted by atomic mass is 16.1. The zero-order valence-electron chi connectivity index (χ0n) is 14.1. The second kappa shape index (κ2) is 7.28. The predicted molar refractivity (Wildman–Crippen MR) is 91.6 cm³/mol. The Labute approximate surface area is 134 Å². The third-order valence-electron chi connectivity index (χ3n) is 4.94. The Morgan fingerprint density at radius 3 is 2.59 bits per heavy atom. The van der Waals surface area contributed by atoms with E-state index in [0.29, 0.717) is 12.3 Å². The molecular weight excluding hydrogens is 272 g/mol. The number of hydrogen-bond donors (Lipinski definition) is 2. The lowest BCUT2D eigenvalue weighted by molar-refractivity contribution is -0.122. The maximum Gasteiger partial charge on any atom is 0.220 e. The van der Waals surface area contributed by atoms with Crippen molar-refractivity contribution in [3.8, 4) is 0 Å². The average molecular weight is 302 g/mol. The van der Waals surface area contributed by atoms with Gasteiger partial charge < -0.3 is 11.1 Å². The molecule has 3 heteroatoms. The van der Waals surface area contributed by atoms with Gasteiger partial charge >= 0.3 is 0 Å². The molecule has 122 valence electrons. The van der Waals surface area contributed by atoms with Gasteiger partial charge in [-0.05, 0) is 43.1 Å². The maximum atomic E-state index is 12.2. The van der Waals surface area contributed by atoms with Gasteiger partial charge in [0.25, 0.3) is 0 Å². The molecule has 1 amide bonds. The largest absolute Gasteiger partial charge is 0.354 e. The third-order valence-corrected chi connectivity index (χ3v) is 4.94. The zero-order chi connectivity index (χ0) is 16.2. The maximum absolute atomic E-state index is 12.2. The highest BCUT2D eigenvalue weighted by Gasteiger charge is 2.28. The molecule has 1 aromatic carbocycles. The van der Waals surface area contributed by atoms with Crippen molar-refractivity contribution >= 4 is 5.91 Å². The second-order valence-corrected chi connectivity index (χ2v) is 7.48. The van der Waals surface area contributed by atoms with E-state index in [0.717, 1.165) is 25.7 Å². The molecule has 0 aromatic heterocycles. The number of hydrogen-bond acceptors (Lipinski definition) is 2. The lowest BCUT2D eigenvalue weighted by atomic mass is 9.79. The number of nitrogens with two attached hydrogens (primary N) is 1. The summed E-state index contributed by atoms with van der Waals surface area (Å²) >= 11 is 0. The molecule has 1 unspecified atom stereocenters. The monoisotopic (exact) mass is 302 g/mol. The summed E-state index contributed by atoms with van der Waals surface area (Å²) in [6.45, 7) is 6.56. The summed E-state index contributed by atoms with van der Waals surface area (Å²) in [5.74, 6) is 0.521. The van der Waals surface area contributed by atoms with Crippen LogP contribution in [0.15, 0.2) is 30.3 Å². The van der Waals surface area contributed by atoms with Gasteiger partial charge in [-0.1, -0.05) is 50.6 Å². The van der Waals surface area contributed by atoms with Gasteiger partial charge in [-0.3, -0.25) is 4.79 Å². The smallest absolute Gasteiger partial charge is 0.220 e. The first-order chi connectivity index (χ1) is 10.4. The highest BCUT2D eigenvalue weighted by Crippen LogP contribution is 2.29. The quantitative estimate of drug-likeness (QED) is 0.846. The summed E-state index contributed by atoms with van der Waals surface area (Å²) in [5, 5.41) is 3.16. The Morgan fingerprint density at radius 1 is 1.32 bits per heavy atom. The number of amides is 1. The molecule has 3 atom stereocenters. The van der Waals surface area contributed by atoms with Crippen LogP contribution in [0.25, 0.3) is 0 Å². The van der Waals surface area contributed by atoms with Crippen LogP contribution in [0, 0.1) is 5.92 Å². The summed E-state index contributed by atoms with van der Waals surface area (Å²) in [7, 11) is 0. The SMILES string of the molecule is CC(CC(C)(C)c1ccccc1)NC(=O)C[C@@H]1CCC[C@H]1N. The Balaban J connectivity index is 1.84. The molecule has 1 fully saturated rings. The molecule has 0 spiro atoms. The van der Waals surface area contributed by atoms with Gasteiger partial charge in [0.05, 0.1) is 0 Å². The fourth-order valence-electron chi connectivity index (χ4n) is 3.71. The minimum absolute atomic E-state index is 0.0533. The number of benzene rings is 1. The van der Waals surface area contributed by atoms with Gasteiger partial charge in [0.15, 0.2) is 0 Å².